The summed E-state index contributed by atoms with van der Waals surface area (Å²) in [6, 6.07) is 3.98. The van der Waals surface area contributed by atoms with Crippen molar-refractivity contribution in [3.8, 4) is 0 Å². The van der Waals surface area contributed by atoms with Crippen LogP contribution in [0.4, 0.5) is 0 Å². The fourth-order valence-electron chi connectivity index (χ4n) is 3.99. The number of hydrogen-bond donors (Lipinski definition) is 0. The van der Waals surface area contributed by atoms with Crippen molar-refractivity contribution < 1.29 is 14.3 Å². The van der Waals surface area contributed by atoms with Gasteiger partial charge in [-0.1, -0.05) is 6.07 Å². The van der Waals surface area contributed by atoms with E-state index in [4.69, 9.17) is 4.74 Å². The van der Waals surface area contributed by atoms with Crippen LogP contribution in [0.3, 0.4) is 0 Å². The van der Waals surface area contributed by atoms with Crippen LogP contribution < -0.4 is 0 Å². The fraction of sp³-hybridized carbons (Fsp3) is 0.647. The van der Waals surface area contributed by atoms with Crippen LogP contribution in [0.2, 0.25) is 0 Å². The Morgan fingerprint density at radius 2 is 2.23 bits per heavy atom. The van der Waals surface area contributed by atoms with E-state index in [-0.39, 0.29) is 23.3 Å². The zero-order valence-corrected chi connectivity index (χ0v) is 13.4. The number of thiophene rings is 1. The molecule has 4 nitrogen and oxygen atoms in total. The largest absolute Gasteiger partial charge is 0.371 e. The number of nitrogens with zero attached hydrogens (tertiary/aromatic N) is 1. The summed E-state index contributed by atoms with van der Waals surface area (Å²) in [6.45, 7) is 1.57. The Labute approximate surface area is 134 Å². The maximum atomic E-state index is 12.5. The van der Waals surface area contributed by atoms with Gasteiger partial charge in [0.25, 0.3) is 0 Å². The predicted molar refractivity (Wildman–Crippen MR) is 84.0 cm³/mol. The van der Waals surface area contributed by atoms with Gasteiger partial charge in [0.15, 0.2) is 5.78 Å². The van der Waals surface area contributed by atoms with E-state index in [1.54, 1.807) is 0 Å². The Balaban J connectivity index is 1.36. The van der Waals surface area contributed by atoms with Crippen LogP contribution in [0.15, 0.2) is 17.5 Å². The maximum absolute atomic E-state index is 12.5. The van der Waals surface area contributed by atoms with Gasteiger partial charge in [-0.25, -0.2) is 0 Å². The molecule has 0 bridgehead atoms. The highest BCUT2D eigenvalue weighted by molar-refractivity contribution is 7.12. The van der Waals surface area contributed by atoms with Crippen LogP contribution >= 0.6 is 11.3 Å². The summed E-state index contributed by atoms with van der Waals surface area (Å²) in [5.41, 5.74) is -0.0470. The number of ether oxygens (including phenoxy) is 1. The first-order chi connectivity index (χ1) is 10.7. The summed E-state index contributed by atoms with van der Waals surface area (Å²) in [4.78, 5) is 27.3. The third-order valence-electron chi connectivity index (χ3n) is 5.20. The van der Waals surface area contributed by atoms with Crippen LogP contribution in [0.1, 0.15) is 48.2 Å². The first-order valence-corrected chi connectivity index (χ1v) is 9.08. The van der Waals surface area contributed by atoms with E-state index >= 15 is 0 Å². The molecule has 2 aliphatic heterocycles. The molecule has 0 radical (unpaired) electrons. The third kappa shape index (κ3) is 2.40. The van der Waals surface area contributed by atoms with Gasteiger partial charge in [0.1, 0.15) is 5.60 Å². The lowest BCUT2D eigenvalue weighted by atomic mass is 9.77. The van der Waals surface area contributed by atoms with Crippen molar-refractivity contribution in [1.82, 2.24) is 4.90 Å². The van der Waals surface area contributed by atoms with Crippen molar-refractivity contribution in [3.05, 3.63) is 22.4 Å². The lowest BCUT2D eigenvalue weighted by molar-refractivity contribution is -0.184. The van der Waals surface area contributed by atoms with Crippen molar-refractivity contribution in [2.45, 2.75) is 50.2 Å². The number of ketones is 1. The van der Waals surface area contributed by atoms with Crippen LogP contribution in [-0.4, -0.2) is 41.4 Å². The van der Waals surface area contributed by atoms with Crippen LogP contribution in [0.25, 0.3) is 0 Å². The molecule has 22 heavy (non-hydrogen) atoms. The van der Waals surface area contributed by atoms with E-state index < -0.39 is 0 Å². The molecule has 2 atom stereocenters. The minimum atomic E-state index is -0.0470. The van der Waals surface area contributed by atoms with Crippen LogP contribution in [0, 0.1) is 5.92 Å². The summed E-state index contributed by atoms with van der Waals surface area (Å²) in [5.74, 6) is 0.838. The van der Waals surface area contributed by atoms with Gasteiger partial charge in [-0.2, -0.15) is 0 Å². The highest BCUT2D eigenvalue weighted by atomic mass is 32.1. The van der Waals surface area contributed by atoms with Gasteiger partial charge in [0.2, 0.25) is 5.91 Å². The standard InChI is InChI=1S/C17H21NO3S/c19-13(14-3-1-10-22-14)6-7-15(20)18-11-17(8-2-9-21-17)16(18)12-4-5-12/h1,3,10,12,16H,2,4-9,11H2. The van der Waals surface area contributed by atoms with Gasteiger partial charge >= 0.3 is 0 Å². The average molecular weight is 319 g/mol. The molecule has 0 N–H and O–H groups in total. The van der Waals surface area contributed by atoms with Gasteiger partial charge in [-0.05, 0) is 43.0 Å². The minimum Gasteiger partial charge on any atom is -0.371 e. The number of Topliss-reactive ketones (excluding diaryl/α,β-unsaturated/α-hetero) is 1. The number of amides is 1. The second-order valence-electron chi connectivity index (χ2n) is 6.72. The fourth-order valence-corrected chi connectivity index (χ4v) is 4.69. The molecule has 4 rings (SSSR count). The zero-order chi connectivity index (χ0) is 15.2. The molecule has 5 heteroatoms. The molecule has 3 heterocycles. The monoisotopic (exact) mass is 319 g/mol. The predicted octanol–water partition coefficient (Wildman–Crippen LogP) is 2.88. The SMILES string of the molecule is O=C(CCC(=O)N1CC2(CCCO2)C1C1CC1)c1cccs1. The van der Waals surface area contributed by atoms with Crippen molar-refractivity contribution in [2.24, 2.45) is 5.92 Å². The highest BCUT2D eigenvalue weighted by Gasteiger charge is 2.61. The molecular weight excluding hydrogens is 298 g/mol. The molecule has 2 unspecified atom stereocenters. The van der Waals surface area contributed by atoms with Gasteiger partial charge in [0, 0.05) is 19.4 Å². The Morgan fingerprint density at radius 1 is 1.36 bits per heavy atom. The van der Waals surface area contributed by atoms with Crippen LogP contribution in [0.5, 0.6) is 0 Å². The Kier molecular flexibility index (Phi) is 3.57. The second-order valence-corrected chi connectivity index (χ2v) is 7.67. The molecule has 1 aromatic rings. The summed E-state index contributed by atoms with van der Waals surface area (Å²) in [6.07, 6.45) is 5.28. The molecule has 0 aromatic carbocycles. The van der Waals surface area contributed by atoms with Gasteiger partial charge in [0.05, 0.1) is 17.5 Å². The summed E-state index contributed by atoms with van der Waals surface area (Å²) in [5, 5.41) is 1.90. The molecule has 1 saturated carbocycles. The Hall–Kier alpha value is -1.20. The van der Waals surface area contributed by atoms with E-state index in [1.165, 1.54) is 24.2 Å². The second kappa shape index (κ2) is 5.46. The lowest BCUT2D eigenvalue weighted by Crippen LogP contribution is -2.71. The molecule has 1 aliphatic carbocycles. The summed E-state index contributed by atoms with van der Waals surface area (Å²) in [7, 11) is 0. The van der Waals surface area contributed by atoms with Crippen molar-refractivity contribution in [1.29, 1.82) is 0 Å². The van der Waals surface area contributed by atoms with E-state index in [2.05, 4.69) is 0 Å². The quantitative estimate of drug-likeness (QED) is 0.784. The van der Waals surface area contributed by atoms with Gasteiger partial charge in [-0.3, -0.25) is 9.59 Å². The van der Waals surface area contributed by atoms with Gasteiger partial charge < -0.3 is 9.64 Å². The Bertz CT molecular complexity index is 573. The number of likely N-dealkylation sites (tertiary alicyclic amines) is 1. The van der Waals surface area contributed by atoms with E-state index in [0.717, 1.165) is 30.9 Å². The molecule has 1 spiro atoms. The number of carbonyl (C=O) groups is 2. The van der Waals surface area contributed by atoms with Crippen molar-refractivity contribution >= 4 is 23.0 Å². The number of rotatable bonds is 5. The molecule has 1 amide bonds. The van der Waals surface area contributed by atoms with Gasteiger partial charge in [-0.15, -0.1) is 11.3 Å². The highest BCUT2D eigenvalue weighted by Crippen LogP contribution is 2.51. The number of hydrogen-bond acceptors (Lipinski definition) is 4. The third-order valence-corrected chi connectivity index (χ3v) is 6.11. The molecule has 2 saturated heterocycles. The first kappa shape index (κ1) is 14.4. The normalized spacial score (nSPS) is 30.5. The molecule has 3 aliphatic rings. The average Bonchev–Trinajstić information content (AvgIpc) is 3.00. The first-order valence-electron chi connectivity index (χ1n) is 8.20. The van der Waals surface area contributed by atoms with Crippen molar-refractivity contribution in [2.75, 3.05) is 13.2 Å². The number of carbonyl (C=O) groups excluding carboxylic acids is 2. The molecular formula is C17H21NO3S. The minimum absolute atomic E-state index is 0.0470. The molecule has 118 valence electrons. The van der Waals surface area contributed by atoms with E-state index in [1.807, 2.05) is 22.4 Å². The van der Waals surface area contributed by atoms with E-state index in [9.17, 15) is 9.59 Å². The molecule has 3 fully saturated rings. The maximum Gasteiger partial charge on any atom is 0.223 e. The van der Waals surface area contributed by atoms with Crippen molar-refractivity contribution in [3.63, 3.8) is 0 Å². The topological polar surface area (TPSA) is 46.6 Å². The van der Waals surface area contributed by atoms with Crippen LogP contribution in [-0.2, 0) is 9.53 Å². The molecule has 1 aromatic heterocycles. The Morgan fingerprint density at radius 3 is 2.86 bits per heavy atom. The zero-order valence-electron chi connectivity index (χ0n) is 12.6. The lowest BCUT2D eigenvalue weighted by Gasteiger charge is -2.55. The van der Waals surface area contributed by atoms with E-state index in [0.29, 0.717) is 18.8 Å². The summed E-state index contributed by atoms with van der Waals surface area (Å²) >= 11 is 1.45. The summed E-state index contributed by atoms with van der Waals surface area (Å²) < 4.78 is 6.00. The smallest absolute Gasteiger partial charge is 0.223 e.